The maximum absolute atomic E-state index is 13.2. The van der Waals surface area contributed by atoms with Gasteiger partial charge in [0.25, 0.3) is 0 Å². The Morgan fingerprint density at radius 1 is 1.12 bits per heavy atom. The highest BCUT2D eigenvalue weighted by atomic mass is 35.5. The van der Waals surface area contributed by atoms with Crippen LogP contribution in [0.1, 0.15) is 36.8 Å². The van der Waals surface area contributed by atoms with Crippen molar-refractivity contribution in [2.75, 3.05) is 21.2 Å². The van der Waals surface area contributed by atoms with E-state index in [1.165, 1.54) is 7.11 Å². The third kappa shape index (κ3) is 5.11. The molecule has 0 aliphatic carbocycles. The Bertz CT molecular complexity index is 1070. The van der Waals surface area contributed by atoms with Gasteiger partial charge in [-0.05, 0) is 51.7 Å². The summed E-state index contributed by atoms with van der Waals surface area (Å²) in [5, 5.41) is 0.443. The lowest BCUT2D eigenvalue weighted by molar-refractivity contribution is -0.144. The van der Waals surface area contributed by atoms with E-state index in [1.54, 1.807) is 38.1 Å². The Kier molecular flexibility index (Phi) is 7.53. The molecule has 0 spiro atoms. The summed E-state index contributed by atoms with van der Waals surface area (Å²) in [6.45, 7) is 4.07. The first-order valence-corrected chi connectivity index (χ1v) is 10.6. The molecule has 0 N–H and O–H groups in total. The van der Waals surface area contributed by atoms with Crippen molar-refractivity contribution in [2.24, 2.45) is 10.9 Å². The second kappa shape index (κ2) is 10.1. The molecule has 7 nitrogen and oxygen atoms in total. The number of furan rings is 1. The number of halogens is 1. The van der Waals surface area contributed by atoms with Crippen LogP contribution >= 0.6 is 11.6 Å². The fourth-order valence-corrected chi connectivity index (χ4v) is 4.16. The van der Waals surface area contributed by atoms with Gasteiger partial charge in [0.15, 0.2) is 0 Å². The Morgan fingerprint density at radius 3 is 2.47 bits per heavy atom. The van der Waals surface area contributed by atoms with E-state index in [-0.39, 0.29) is 12.2 Å². The average molecular weight is 459 g/mol. The number of allylic oxidation sites excluding steroid dienone is 1. The topological polar surface area (TPSA) is 81.3 Å². The second-order valence-electron chi connectivity index (χ2n) is 7.93. The number of nitrogens with zero attached hydrogens (tertiary/aromatic N) is 2. The monoisotopic (exact) mass is 458 g/mol. The number of benzene rings is 1. The van der Waals surface area contributed by atoms with Crippen LogP contribution in [-0.4, -0.2) is 43.8 Å². The highest BCUT2D eigenvalue weighted by molar-refractivity contribution is 6.31. The molecule has 1 aromatic heterocycles. The molecule has 170 valence electrons. The summed E-state index contributed by atoms with van der Waals surface area (Å²) in [5.41, 5.74) is 1.94. The van der Waals surface area contributed by atoms with Gasteiger partial charge in [-0.15, -0.1) is 0 Å². The van der Waals surface area contributed by atoms with Crippen LogP contribution in [0.5, 0.6) is 0 Å². The number of aliphatic imine (C=N–C) groups is 1. The number of esters is 2. The van der Waals surface area contributed by atoms with Crippen molar-refractivity contribution in [3.05, 3.63) is 69.8 Å². The molecule has 0 radical (unpaired) electrons. The molecule has 3 rings (SSSR count). The molecule has 0 saturated carbocycles. The minimum Gasteiger partial charge on any atom is -0.468 e. The Labute approximate surface area is 192 Å². The molecular weight excluding hydrogens is 432 g/mol. The molecule has 2 atom stereocenters. The normalized spacial score (nSPS) is 18.5. The molecule has 0 amide bonds. The first-order valence-electron chi connectivity index (χ1n) is 10.2. The van der Waals surface area contributed by atoms with Crippen LogP contribution in [0.2, 0.25) is 5.02 Å². The minimum absolute atomic E-state index is 0.0378. The third-order valence-electron chi connectivity index (χ3n) is 5.28. The summed E-state index contributed by atoms with van der Waals surface area (Å²) >= 11 is 6.47. The molecule has 2 heterocycles. The van der Waals surface area contributed by atoms with Crippen molar-refractivity contribution in [2.45, 2.75) is 32.9 Å². The fraction of sp³-hybridized carbons (Fsp3) is 0.375. The maximum atomic E-state index is 13.2. The Morgan fingerprint density at radius 2 is 1.81 bits per heavy atom. The zero-order valence-electron chi connectivity index (χ0n) is 18.8. The average Bonchev–Trinajstić information content (AvgIpc) is 3.18. The van der Waals surface area contributed by atoms with E-state index >= 15 is 0 Å². The van der Waals surface area contributed by atoms with Crippen molar-refractivity contribution >= 4 is 29.3 Å². The minimum atomic E-state index is -0.790. The molecule has 32 heavy (non-hydrogen) atoms. The zero-order valence-corrected chi connectivity index (χ0v) is 19.6. The summed E-state index contributed by atoms with van der Waals surface area (Å²) < 4.78 is 16.3. The van der Waals surface area contributed by atoms with Gasteiger partial charge >= 0.3 is 11.9 Å². The molecule has 1 aliphatic rings. The van der Waals surface area contributed by atoms with Crippen LogP contribution in [0, 0.1) is 5.92 Å². The van der Waals surface area contributed by atoms with E-state index in [4.69, 9.17) is 25.5 Å². The number of ether oxygens (including phenoxy) is 2. The smallest absolute Gasteiger partial charge is 0.336 e. The van der Waals surface area contributed by atoms with Crippen LogP contribution < -0.4 is 0 Å². The van der Waals surface area contributed by atoms with Crippen LogP contribution in [0.4, 0.5) is 0 Å². The lowest BCUT2D eigenvalue weighted by atomic mass is 9.75. The molecule has 8 heteroatoms. The van der Waals surface area contributed by atoms with Gasteiger partial charge in [-0.1, -0.05) is 29.8 Å². The summed E-state index contributed by atoms with van der Waals surface area (Å²) in [6.07, 6.45) is 0. The Balaban J connectivity index is 1.92. The number of carbonyl (C=O) groups excluding carboxylic acids is 2. The molecule has 0 fully saturated rings. The van der Waals surface area contributed by atoms with Gasteiger partial charge in [0.05, 0.1) is 19.2 Å². The molecule has 1 aromatic carbocycles. The first kappa shape index (κ1) is 23.8. The summed E-state index contributed by atoms with van der Waals surface area (Å²) in [7, 11) is 5.19. The highest BCUT2D eigenvalue weighted by Gasteiger charge is 2.43. The molecule has 0 saturated heterocycles. The van der Waals surface area contributed by atoms with E-state index in [1.807, 2.05) is 31.1 Å². The van der Waals surface area contributed by atoms with Gasteiger partial charge in [-0.25, -0.2) is 4.79 Å². The Hall–Kier alpha value is -2.90. The fourth-order valence-electron chi connectivity index (χ4n) is 3.91. The number of methoxy groups -OCH3 is 1. The van der Waals surface area contributed by atoms with Gasteiger partial charge in [0, 0.05) is 22.3 Å². The molecular formula is C24H27ClN2O5. The lowest BCUT2D eigenvalue weighted by Gasteiger charge is -2.31. The van der Waals surface area contributed by atoms with E-state index in [9.17, 15) is 9.59 Å². The predicted octanol–water partition coefficient (Wildman–Crippen LogP) is 4.36. The van der Waals surface area contributed by atoms with Crippen LogP contribution in [0.3, 0.4) is 0 Å². The molecule has 1 aliphatic heterocycles. The van der Waals surface area contributed by atoms with Crippen molar-refractivity contribution < 1.29 is 23.5 Å². The van der Waals surface area contributed by atoms with E-state index < -0.39 is 23.8 Å². The molecule has 2 aromatic rings. The maximum Gasteiger partial charge on any atom is 0.336 e. The number of hydrogen-bond donors (Lipinski definition) is 0. The van der Waals surface area contributed by atoms with Crippen molar-refractivity contribution in [1.82, 2.24) is 4.90 Å². The van der Waals surface area contributed by atoms with Gasteiger partial charge in [0.1, 0.15) is 24.0 Å². The third-order valence-corrected chi connectivity index (χ3v) is 5.62. The SMILES string of the molecule is COC(=O)C1C(C)=NC(C)=C(C(=O)OCc2ccc(CN(C)C)o2)C1c1ccccc1Cl. The first-order chi connectivity index (χ1) is 15.2. The van der Waals surface area contributed by atoms with Crippen molar-refractivity contribution in [3.8, 4) is 0 Å². The lowest BCUT2D eigenvalue weighted by Crippen LogP contribution is -2.36. The number of hydrogen-bond acceptors (Lipinski definition) is 7. The van der Waals surface area contributed by atoms with Gasteiger partial charge in [0.2, 0.25) is 0 Å². The summed E-state index contributed by atoms with van der Waals surface area (Å²) in [4.78, 5) is 32.3. The van der Waals surface area contributed by atoms with Crippen LogP contribution in [0.25, 0.3) is 0 Å². The van der Waals surface area contributed by atoms with E-state index in [0.717, 1.165) is 5.76 Å². The van der Waals surface area contributed by atoms with Crippen LogP contribution in [-0.2, 0) is 32.2 Å². The predicted molar refractivity (Wildman–Crippen MR) is 121 cm³/mol. The van der Waals surface area contributed by atoms with E-state index in [2.05, 4.69) is 4.99 Å². The highest BCUT2D eigenvalue weighted by Crippen LogP contribution is 2.42. The summed E-state index contributed by atoms with van der Waals surface area (Å²) in [6, 6.07) is 10.7. The van der Waals surface area contributed by atoms with Gasteiger partial charge in [-0.2, -0.15) is 0 Å². The van der Waals surface area contributed by atoms with Crippen molar-refractivity contribution in [1.29, 1.82) is 0 Å². The quantitative estimate of drug-likeness (QED) is 0.573. The van der Waals surface area contributed by atoms with Gasteiger partial charge < -0.3 is 18.8 Å². The largest absolute Gasteiger partial charge is 0.468 e. The van der Waals surface area contributed by atoms with E-state index in [0.29, 0.717) is 34.3 Å². The van der Waals surface area contributed by atoms with Crippen LogP contribution in [0.15, 0.2) is 57.1 Å². The van der Waals surface area contributed by atoms with Gasteiger partial charge in [-0.3, -0.25) is 9.79 Å². The summed E-state index contributed by atoms with van der Waals surface area (Å²) in [5.74, 6) is -1.24. The molecule has 0 bridgehead atoms. The molecule has 2 unspecified atom stereocenters. The second-order valence-corrected chi connectivity index (χ2v) is 8.34. The standard InChI is InChI=1S/C24H27ClN2O5/c1-14-20(23(28)30-5)22(18-8-6-7-9-19(18)25)21(15(2)26-14)24(29)31-13-17-11-10-16(32-17)12-27(3)4/h6-11,20,22H,12-13H2,1-5H3. The zero-order chi connectivity index (χ0) is 23.4. The number of carbonyl (C=O) groups is 2. The van der Waals surface area contributed by atoms with Crippen molar-refractivity contribution in [3.63, 3.8) is 0 Å². The number of rotatable bonds is 7.